The van der Waals surface area contributed by atoms with E-state index in [9.17, 15) is 14.0 Å². The van der Waals surface area contributed by atoms with Gasteiger partial charge >= 0.3 is 0 Å². The molecular formula is C21H18FN5O3. The van der Waals surface area contributed by atoms with Crippen LogP contribution in [0.1, 0.15) is 6.92 Å². The molecule has 1 N–H and O–H groups in total. The average molecular weight is 407 g/mol. The van der Waals surface area contributed by atoms with Crippen LogP contribution in [0.3, 0.4) is 0 Å². The van der Waals surface area contributed by atoms with Gasteiger partial charge in [-0.3, -0.25) is 14.2 Å². The molecule has 0 aliphatic carbocycles. The lowest BCUT2D eigenvalue weighted by Gasteiger charge is -2.09. The Morgan fingerprint density at radius 3 is 2.57 bits per heavy atom. The summed E-state index contributed by atoms with van der Waals surface area (Å²) in [5.74, 6) is -0.0306. The predicted octanol–water partition coefficient (Wildman–Crippen LogP) is 2.76. The molecule has 152 valence electrons. The Kier molecular flexibility index (Phi) is 5.25. The van der Waals surface area contributed by atoms with E-state index in [1.807, 2.05) is 6.92 Å². The van der Waals surface area contributed by atoms with Crippen LogP contribution in [-0.2, 0) is 11.3 Å². The lowest BCUT2D eigenvalue weighted by atomic mass is 10.3. The summed E-state index contributed by atoms with van der Waals surface area (Å²) >= 11 is 0. The van der Waals surface area contributed by atoms with Crippen LogP contribution in [0.15, 0.2) is 65.8 Å². The standard InChI is InChI=1S/C21H18FN5O3/c1-2-30-17-9-5-15(6-10-17)25-19(28)12-26-13-23-20-18(21(26)29)11-24-27(20)16-7-3-14(22)4-8-16/h3-11,13H,2,12H2,1H3,(H,25,28). The quantitative estimate of drug-likeness (QED) is 0.531. The molecule has 4 aromatic rings. The first-order valence-corrected chi connectivity index (χ1v) is 9.27. The minimum absolute atomic E-state index is 0.198. The maximum absolute atomic E-state index is 13.1. The summed E-state index contributed by atoms with van der Waals surface area (Å²) in [5.41, 5.74) is 1.10. The van der Waals surface area contributed by atoms with Crippen LogP contribution < -0.4 is 15.6 Å². The molecule has 4 rings (SSSR count). The summed E-state index contributed by atoms with van der Waals surface area (Å²) in [6, 6.07) is 12.6. The molecule has 2 aromatic heterocycles. The van der Waals surface area contributed by atoms with Crippen molar-refractivity contribution in [2.24, 2.45) is 0 Å². The van der Waals surface area contributed by atoms with E-state index >= 15 is 0 Å². The predicted molar refractivity (Wildman–Crippen MR) is 109 cm³/mol. The van der Waals surface area contributed by atoms with E-state index < -0.39 is 5.56 Å². The Morgan fingerprint density at radius 1 is 1.13 bits per heavy atom. The summed E-state index contributed by atoms with van der Waals surface area (Å²) in [6.45, 7) is 2.25. The summed E-state index contributed by atoms with van der Waals surface area (Å²) < 4.78 is 21.2. The van der Waals surface area contributed by atoms with Crippen LogP contribution in [0, 0.1) is 5.82 Å². The van der Waals surface area contributed by atoms with E-state index in [-0.39, 0.29) is 23.7 Å². The molecule has 0 unspecified atom stereocenters. The molecule has 0 aliphatic rings. The van der Waals surface area contributed by atoms with Crippen LogP contribution in [0.4, 0.5) is 10.1 Å². The van der Waals surface area contributed by atoms with Crippen LogP contribution in [-0.4, -0.2) is 31.8 Å². The molecule has 0 radical (unpaired) electrons. The average Bonchev–Trinajstić information content (AvgIpc) is 3.17. The van der Waals surface area contributed by atoms with Crippen molar-refractivity contribution in [3.63, 3.8) is 0 Å². The number of hydrogen-bond acceptors (Lipinski definition) is 5. The third-order valence-corrected chi connectivity index (χ3v) is 4.39. The second-order valence-electron chi connectivity index (χ2n) is 6.45. The van der Waals surface area contributed by atoms with Crippen molar-refractivity contribution >= 4 is 22.6 Å². The highest BCUT2D eigenvalue weighted by Gasteiger charge is 2.13. The van der Waals surface area contributed by atoms with Gasteiger partial charge in [0.2, 0.25) is 5.91 Å². The van der Waals surface area contributed by atoms with E-state index in [1.165, 1.54) is 33.9 Å². The van der Waals surface area contributed by atoms with Gasteiger partial charge in [-0.25, -0.2) is 14.1 Å². The molecule has 0 atom stereocenters. The van der Waals surface area contributed by atoms with Gasteiger partial charge in [0.1, 0.15) is 29.8 Å². The number of fused-ring (bicyclic) bond motifs is 1. The second-order valence-corrected chi connectivity index (χ2v) is 6.45. The number of halogens is 1. The summed E-state index contributed by atoms with van der Waals surface area (Å²) in [5, 5.41) is 7.17. The number of nitrogens with one attached hydrogen (secondary N) is 1. The number of hydrogen-bond donors (Lipinski definition) is 1. The number of ether oxygens (including phenoxy) is 1. The molecule has 0 bridgehead atoms. The van der Waals surface area contributed by atoms with Crippen molar-refractivity contribution in [2.75, 3.05) is 11.9 Å². The Hall–Kier alpha value is -4.01. The summed E-state index contributed by atoms with van der Waals surface area (Å²) in [7, 11) is 0. The number of rotatable bonds is 6. The van der Waals surface area contributed by atoms with E-state index in [2.05, 4.69) is 15.4 Å². The number of nitrogens with zero attached hydrogens (tertiary/aromatic N) is 4. The van der Waals surface area contributed by atoms with Crippen LogP contribution in [0.25, 0.3) is 16.7 Å². The Morgan fingerprint density at radius 2 is 1.87 bits per heavy atom. The van der Waals surface area contributed by atoms with Gasteiger partial charge in [-0.2, -0.15) is 5.10 Å². The molecule has 30 heavy (non-hydrogen) atoms. The molecule has 0 saturated carbocycles. The molecule has 2 aromatic carbocycles. The summed E-state index contributed by atoms with van der Waals surface area (Å²) in [4.78, 5) is 29.4. The van der Waals surface area contributed by atoms with Crippen molar-refractivity contribution in [3.05, 3.63) is 77.2 Å². The van der Waals surface area contributed by atoms with Gasteiger partial charge in [-0.05, 0) is 55.5 Å². The molecule has 0 saturated heterocycles. The number of anilines is 1. The van der Waals surface area contributed by atoms with Crippen LogP contribution in [0.5, 0.6) is 5.75 Å². The third-order valence-electron chi connectivity index (χ3n) is 4.39. The van der Waals surface area contributed by atoms with Gasteiger partial charge in [-0.15, -0.1) is 0 Å². The lowest BCUT2D eigenvalue weighted by molar-refractivity contribution is -0.116. The molecule has 0 fully saturated rings. The first kappa shape index (κ1) is 19.3. The van der Waals surface area contributed by atoms with Gasteiger partial charge in [0, 0.05) is 5.69 Å². The maximum atomic E-state index is 13.1. The summed E-state index contributed by atoms with van der Waals surface area (Å²) in [6.07, 6.45) is 2.68. The number of amides is 1. The molecule has 1 amide bonds. The maximum Gasteiger partial charge on any atom is 0.264 e. The fourth-order valence-corrected chi connectivity index (χ4v) is 2.99. The van der Waals surface area contributed by atoms with Gasteiger partial charge in [-0.1, -0.05) is 0 Å². The highest BCUT2D eigenvalue weighted by atomic mass is 19.1. The third kappa shape index (κ3) is 3.90. The van der Waals surface area contributed by atoms with Crippen molar-refractivity contribution in [1.29, 1.82) is 0 Å². The van der Waals surface area contributed by atoms with Gasteiger partial charge < -0.3 is 10.1 Å². The van der Waals surface area contributed by atoms with E-state index in [0.29, 0.717) is 29.4 Å². The first-order valence-electron chi connectivity index (χ1n) is 9.27. The highest BCUT2D eigenvalue weighted by Crippen LogP contribution is 2.16. The molecule has 0 spiro atoms. The van der Waals surface area contributed by atoms with E-state index in [0.717, 1.165) is 0 Å². The zero-order chi connectivity index (χ0) is 21.1. The minimum atomic E-state index is -0.393. The topological polar surface area (TPSA) is 91.0 Å². The number of carbonyl (C=O) groups excluding carboxylic acids is 1. The van der Waals surface area contributed by atoms with Gasteiger partial charge in [0.05, 0.1) is 18.5 Å². The Bertz CT molecular complexity index is 1250. The van der Waals surface area contributed by atoms with Crippen LogP contribution >= 0.6 is 0 Å². The Balaban J connectivity index is 1.53. The smallest absolute Gasteiger partial charge is 0.264 e. The highest BCUT2D eigenvalue weighted by molar-refractivity contribution is 5.90. The van der Waals surface area contributed by atoms with Gasteiger partial charge in [0.15, 0.2) is 5.65 Å². The van der Waals surface area contributed by atoms with Crippen molar-refractivity contribution in [3.8, 4) is 11.4 Å². The fraction of sp³-hybridized carbons (Fsp3) is 0.143. The number of aromatic nitrogens is 4. The normalized spacial score (nSPS) is 10.9. The molecule has 2 heterocycles. The van der Waals surface area contributed by atoms with Gasteiger partial charge in [0.25, 0.3) is 5.56 Å². The zero-order valence-electron chi connectivity index (χ0n) is 16.1. The van der Waals surface area contributed by atoms with Crippen molar-refractivity contribution in [1.82, 2.24) is 19.3 Å². The number of benzene rings is 2. The van der Waals surface area contributed by atoms with Crippen LogP contribution in [0.2, 0.25) is 0 Å². The molecule has 0 aliphatic heterocycles. The van der Waals surface area contributed by atoms with Crippen molar-refractivity contribution in [2.45, 2.75) is 13.5 Å². The lowest BCUT2D eigenvalue weighted by Crippen LogP contribution is -2.27. The second kappa shape index (κ2) is 8.16. The molecule has 8 nitrogen and oxygen atoms in total. The first-order chi connectivity index (χ1) is 14.5. The SMILES string of the molecule is CCOc1ccc(NC(=O)Cn2cnc3c(cnn3-c3ccc(F)cc3)c2=O)cc1. The fourth-order valence-electron chi connectivity index (χ4n) is 2.99. The number of carbonyl (C=O) groups is 1. The largest absolute Gasteiger partial charge is 0.494 e. The minimum Gasteiger partial charge on any atom is -0.494 e. The molecule has 9 heteroatoms. The Labute approximate surface area is 170 Å². The van der Waals surface area contributed by atoms with E-state index in [4.69, 9.17) is 4.74 Å². The van der Waals surface area contributed by atoms with E-state index in [1.54, 1.807) is 36.4 Å². The monoisotopic (exact) mass is 407 g/mol. The molecular weight excluding hydrogens is 389 g/mol. The van der Waals surface area contributed by atoms with Crippen molar-refractivity contribution < 1.29 is 13.9 Å². The zero-order valence-corrected chi connectivity index (χ0v) is 16.1.